The van der Waals surface area contributed by atoms with E-state index >= 15 is 0 Å². The predicted molar refractivity (Wildman–Crippen MR) is 89.5 cm³/mol. The van der Waals surface area contributed by atoms with Crippen LogP contribution in [-0.4, -0.2) is 34.7 Å². The molecule has 0 bridgehead atoms. The average molecular weight is 339 g/mol. The standard InChI is InChI=1S/C17H17N5O3/c1-9-10(2)22-15(17(24)20-9)13(8-19-22)21-16(23)11-4-5-14(25-3)12(6-11)7-18/h4-6,8-10H,1-3H3,(H,20,24)(H,21,23)/t9-,10+/m0/s1. The number of aromatic nitrogens is 2. The molecular formula is C17H17N5O3. The van der Waals surface area contributed by atoms with Crippen LogP contribution in [0.15, 0.2) is 24.4 Å². The van der Waals surface area contributed by atoms with E-state index in [9.17, 15) is 9.59 Å². The third-order valence-corrected chi connectivity index (χ3v) is 4.31. The van der Waals surface area contributed by atoms with Gasteiger partial charge in [0.2, 0.25) is 0 Å². The Morgan fingerprint density at radius 1 is 1.44 bits per heavy atom. The van der Waals surface area contributed by atoms with Crippen LogP contribution in [0.5, 0.6) is 5.75 Å². The first-order valence-electron chi connectivity index (χ1n) is 7.74. The summed E-state index contributed by atoms with van der Waals surface area (Å²) in [5, 5.41) is 18.9. The van der Waals surface area contributed by atoms with E-state index < -0.39 is 5.91 Å². The molecule has 8 heteroatoms. The molecule has 0 unspecified atom stereocenters. The summed E-state index contributed by atoms with van der Waals surface area (Å²) in [5.41, 5.74) is 1.19. The van der Waals surface area contributed by atoms with Crippen molar-refractivity contribution in [3.05, 3.63) is 41.2 Å². The lowest BCUT2D eigenvalue weighted by Crippen LogP contribution is -2.45. The van der Waals surface area contributed by atoms with E-state index in [0.717, 1.165) is 0 Å². The number of amides is 2. The summed E-state index contributed by atoms with van der Waals surface area (Å²) in [6.45, 7) is 3.83. The first-order valence-corrected chi connectivity index (χ1v) is 7.74. The Hall–Kier alpha value is -3.34. The number of fused-ring (bicyclic) bond motifs is 1. The van der Waals surface area contributed by atoms with Gasteiger partial charge in [-0.1, -0.05) is 0 Å². The Bertz CT molecular complexity index is 896. The number of nitrogens with zero attached hydrogens (tertiary/aromatic N) is 3. The van der Waals surface area contributed by atoms with Crippen LogP contribution in [0.2, 0.25) is 0 Å². The van der Waals surface area contributed by atoms with Crippen molar-refractivity contribution in [2.45, 2.75) is 25.9 Å². The second kappa shape index (κ2) is 6.28. The van der Waals surface area contributed by atoms with Gasteiger partial charge in [-0.2, -0.15) is 10.4 Å². The summed E-state index contributed by atoms with van der Waals surface area (Å²) in [6, 6.07) is 6.45. The van der Waals surface area contributed by atoms with Crippen LogP contribution < -0.4 is 15.4 Å². The second-order valence-corrected chi connectivity index (χ2v) is 5.84. The zero-order valence-electron chi connectivity index (χ0n) is 14.0. The molecule has 1 aromatic carbocycles. The maximum absolute atomic E-state index is 12.5. The molecule has 0 saturated heterocycles. The lowest BCUT2D eigenvalue weighted by molar-refractivity contribution is 0.0883. The molecule has 0 spiro atoms. The molecule has 3 rings (SSSR count). The number of nitriles is 1. The number of ether oxygens (including phenoxy) is 1. The average Bonchev–Trinajstić information content (AvgIpc) is 3.03. The van der Waals surface area contributed by atoms with Gasteiger partial charge in [-0.3, -0.25) is 14.3 Å². The Morgan fingerprint density at radius 2 is 2.20 bits per heavy atom. The number of methoxy groups -OCH3 is 1. The quantitative estimate of drug-likeness (QED) is 0.885. The molecule has 25 heavy (non-hydrogen) atoms. The van der Waals surface area contributed by atoms with Crippen molar-refractivity contribution in [1.82, 2.24) is 15.1 Å². The number of carbonyl (C=O) groups is 2. The van der Waals surface area contributed by atoms with Gasteiger partial charge in [0.1, 0.15) is 17.5 Å². The van der Waals surface area contributed by atoms with Crippen molar-refractivity contribution in [1.29, 1.82) is 5.26 Å². The molecule has 1 aliphatic rings. The smallest absolute Gasteiger partial charge is 0.272 e. The minimum atomic E-state index is -0.436. The minimum Gasteiger partial charge on any atom is -0.495 e. The Kier molecular flexibility index (Phi) is 4.15. The van der Waals surface area contributed by atoms with Gasteiger partial charge in [-0.15, -0.1) is 0 Å². The molecule has 2 amide bonds. The first kappa shape index (κ1) is 16.5. The van der Waals surface area contributed by atoms with Gasteiger partial charge in [-0.25, -0.2) is 0 Å². The summed E-state index contributed by atoms with van der Waals surface area (Å²) >= 11 is 0. The molecule has 2 N–H and O–H groups in total. The largest absolute Gasteiger partial charge is 0.495 e. The van der Waals surface area contributed by atoms with E-state index in [2.05, 4.69) is 15.7 Å². The molecule has 1 aromatic heterocycles. The molecule has 2 aromatic rings. The number of benzene rings is 1. The van der Waals surface area contributed by atoms with Gasteiger partial charge in [-0.05, 0) is 32.0 Å². The fraction of sp³-hybridized carbons (Fsp3) is 0.294. The van der Waals surface area contributed by atoms with E-state index in [1.54, 1.807) is 16.8 Å². The minimum absolute atomic E-state index is 0.0236. The van der Waals surface area contributed by atoms with Crippen LogP contribution in [0.25, 0.3) is 0 Å². The highest BCUT2D eigenvalue weighted by Gasteiger charge is 2.31. The normalized spacial score (nSPS) is 18.7. The van der Waals surface area contributed by atoms with Crippen LogP contribution in [0.1, 0.15) is 46.3 Å². The summed E-state index contributed by atoms with van der Waals surface area (Å²) in [4.78, 5) is 24.7. The predicted octanol–water partition coefficient (Wildman–Crippen LogP) is 1.71. The monoisotopic (exact) mass is 339 g/mol. The van der Waals surface area contributed by atoms with Crippen molar-refractivity contribution in [3.63, 3.8) is 0 Å². The van der Waals surface area contributed by atoms with Gasteiger partial charge >= 0.3 is 0 Å². The third-order valence-electron chi connectivity index (χ3n) is 4.31. The van der Waals surface area contributed by atoms with Crippen molar-refractivity contribution in [2.75, 3.05) is 12.4 Å². The second-order valence-electron chi connectivity index (χ2n) is 5.84. The molecule has 128 valence electrons. The van der Waals surface area contributed by atoms with E-state index in [4.69, 9.17) is 10.00 Å². The molecule has 1 aliphatic heterocycles. The fourth-order valence-electron chi connectivity index (χ4n) is 2.73. The maximum atomic E-state index is 12.5. The van der Waals surface area contributed by atoms with E-state index in [0.29, 0.717) is 17.1 Å². The Labute approximate surface area is 144 Å². The third kappa shape index (κ3) is 2.80. The molecule has 0 aliphatic carbocycles. The first-order chi connectivity index (χ1) is 12.0. The SMILES string of the molecule is COc1ccc(C(=O)Nc2cnn3c2C(=O)N[C@@H](C)[C@H]3C)cc1C#N. The zero-order valence-corrected chi connectivity index (χ0v) is 14.0. The van der Waals surface area contributed by atoms with Crippen LogP contribution in [0, 0.1) is 11.3 Å². The van der Waals surface area contributed by atoms with Crippen molar-refractivity contribution < 1.29 is 14.3 Å². The highest BCUT2D eigenvalue weighted by atomic mass is 16.5. The maximum Gasteiger partial charge on any atom is 0.272 e. The van der Waals surface area contributed by atoms with Gasteiger partial charge in [0.25, 0.3) is 11.8 Å². The van der Waals surface area contributed by atoms with Crippen molar-refractivity contribution >= 4 is 17.5 Å². The van der Waals surface area contributed by atoms with Crippen molar-refractivity contribution in [3.8, 4) is 11.8 Å². The molecule has 0 radical (unpaired) electrons. The zero-order chi connectivity index (χ0) is 18.1. The van der Waals surface area contributed by atoms with Gasteiger partial charge in [0.15, 0.2) is 0 Å². The lowest BCUT2D eigenvalue weighted by atomic mass is 10.1. The number of anilines is 1. The highest BCUT2D eigenvalue weighted by Crippen LogP contribution is 2.26. The summed E-state index contributed by atoms with van der Waals surface area (Å²) in [6.07, 6.45) is 1.45. The van der Waals surface area contributed by atoms with E-state index in [-0.39, 0.29) is 29.1 Å². The number of nitrogens with one attached hydrogen (secondary N) is 2. The van der Waals surface area contributed by atoms with Crippen molar-refractivity contribution in [2.24, 2.45) is 0 Å². The lowest BCUT2D eigenvalue weighted by Gasteiger charge is -2.28. The Morgan fingerprint density at radius 3 is 2.88 bits per heavy atom. The van der Waals surface area contributed by atoms with Crippen LogP contribution in [0.3, 0.4) is 0 Å². The molecule has 2 heterocycles. The number of carbonyl (C=O) groups excluding carboxylic acids is 2. The van der Waals surface area contributed by atoms with Crippen LogP contribution >= 0.6 is 0 Å². The number of hydrogen-bond acceptors (Lipinski definition) is 5. The topological polar surface area (TPSA) is 109 Å². The summed E-state index contributed by atoms with van der Waals surface area (Å²) in [7, 11) is 1.45. The van der Waals surface area contributed by atoms with Crippen LogP contribution in [-0.2, 0) is 0 Å². The number of hydrogen-bond donors (Lipinski definition) is 2. The fourth-order valence-corrected chi connectivity index (χ4v) is 2.73. The van der Waals surface area contributed by atoms with Gasteiger partial charge in [0.05, 0.1) is 30.6 Å². The van der Waals surface area contributed by atoms with Gasteiger partial charge in [0, 0.05) is 11.6 Å². The highest BCUT2D eigenvalue weighted by molar-refractivity contribution is 6.08. The van der Waals surface area contributed by atoms with E-state index in [1.165, 1.54) is 19.4 Å². The van der Waals surface area contributed by atoms with Crippen LogP contribution in [0.4, 0.5) is 5.69 Å². The van der Waals surface area contributed by atoms with Gasteiger partial charge < -0.3 is 15.4 Å². The molecular weight excluding hydrogens is 322 g/mol. The Balaban J connectivity index is 1.89. The molecule has 8 nitrogen and oxygen atoms in total. The molecule has 2 atom stereocenters. The molecule has 0 saturated carbocycles. The molecule has 0 fully saturated rings. The summed E-state index contributed by atoms with van der Waals surface area (Å²) in [5.74, 6) is -0.330. The van der Waals surface area contributed by atoms with E-state index in [1.807, 2.05) is 19.9 Å². The number of rotatable bonds is 3. The summed E-state index contributed by atoms with van der Waals surface area (Å²) < 4.78 is 6.67.